The quantitative estimate of drug-likeness (QED) is 0.660. The molecule has 0 saturated carbocycles. The molecule has 7 nitrogen and oxygen atoms in total. The summed E-state index contributed by atoms with van der Waals surface area (Å²) in [6, 6.07) is 8.94. The van der Waals surface area contributed by atoms with Crippen molar-refractivity contribution in [2.45, 2.75) is 19.5 Å². The summed E-state index contributed by atoms with van der Waals surface area (Å²) in [5.74, 6) is 0.105. The van der Waals surface area contributed by atoms with E-state index in [4.69, 9.17) is 4.74 Å². The maximum Gasteiger partial charge on any atom is 0.261 e. The number of carbonyl (C=O) groups is 2. The number of methoxy groups -OCH3 is 1. The first-order chi connectivity index (χ1) is 14.6. The van der Waals surface area contributed by atoms with E-state index in [0.717, 1.165) is 11.1 Å². The van der Waals surface area contributed by atoms with Crippen molar-refractivity contribution in [1.82, 2.24) is 15.2 Å². The van der Waals surface area contributed by atoms with Crippen molar-refractivity contribution in [1.29, 1.82) is 0 Å². The Labute approximate surface area is 177 Å². The number of pyridine rings is 1. The molecule has 1 aromatic carbocycles. The van der Waals surface area contributed by atoms with Crippen LogP contribution in [0.15, 0.2) is 52.1 Å². The average molecular weight is 423 g/mol. The predicted molar refractivity (Wildman–Crippen MR) is 114 cm³/mol. The van der Waals surface area contributed by atoms with Crippen LogP contribution in [-0.4, -0.2) is 35.4 Å². The highest BCUT2D eigenvalue weighted by Crippen LogP contribution is 2.23. The molecule has 2 aromatic heterocycles. The number of rotatable bonds is 5. The van der Waals surface area contributed by atoms with Crippen molar-refractivity contribution in [2.24, 2.45) is 0 Å². The summed E-state index contributed by atoms with van der Waals surface area (Å²) in [4.78, 5) is 42.4. The van der Waals surface area contributed by atoms with Crippen molar-refractivity contribution >= 4 is 23.2 Å². The Morgan fingerprint density at radius 1 is 1.30 bits per heavy atom. The molecule has 2 amide bonds. The molecule has 0 saturated heterocycles. The SMILES string of the molecule is COc1cccc(C(=O)N2CCc3c(c[nH]c(=O)c3C(=O)NCc3ccsc3)C2)c1. The van der Waals surface area contributed by atoms with Gasteiger partial charge in [-0.3, -0.25) is 14.4 Å². The number of hydrogen-bond acceptors (Lipinski definition) is 5. The van der Waals surface area contributed by atoms with Crippen molar-refractivity contribution in [3.8, 4) is 5.75 Å². The van der Waals surface area contributed by atoms with Gasteiger partial charge >= 0.3 is 0 Å². The molecule has 0 aliphatic carbocycles. The molecule has 0 unspecified atom stereocenters. The van der Waals surface area contributed by atoms with Crippen LogP contribution < -0.4 is 15.6 Å². The summed E-state index contributed by atoms with van der Waals surface area (Å²) in [5, 5.41) is 6.71. The number of aromatic amines is 1. The first-order valence-electron chi connectivity index (χ1n) is 9.53. The van der Waals surface area contributed by atoms with Crippen LogP contribution in [-0.2, 0) is 19.5 Å². The van der Waals surface area contributed by atoms with E-state index in [-0.39, 0.29) is 11.5 Å². The van der Waals surface area contributed by atoms with Crippen LogP contribution in [0, 0.1) is 0 Å². The summed E-state index contributed by atoms with van der Waals surface area (Å²) >= 11 is 1.55. The first kappa shape index (κ1) is 19.9. The molecule has 30 heavy (non-hydrogen) atoms. The van der Waals surface area contributed by atoms with E-state index < -0.39 is 11.5 Å². The second-order valence-corrected chi connectivity index (χ2v) is 7.80. The van der Waals surface area contributed by atoms with Crippen LogP contribution in [0.3, 0.4) is 0 Å². The van der Waals surface area contributed by atoms with Gasteiger partial charge in [-0.25, -0.2) is 0 Å². The third kappa shape index (κ3) is 3.99. The van der Waals surface area contributed by atoms with Gasteiger partial charge in [0.15, 0.2) is 0 Å². The second kappa shape index (κ2) is 8.54. The lowest BCUT2D eigenvalue weighted by Crippen LogP contribution is -2.39. The number of amides is 2. The highest BCUT2D eigenvalue weighted by atomic mass is 32.1. The van der Waals surface area contributed by atoms with Crippen molar-refractivity contribution in [3.63, 3.8) is 0 Å². The Bertz CT molecular complexity index is 1140. The van der Waals surface area contributed by atoms with Crippen LogP contribution in [0.1, 0.15) is 37.4 Å². The van der Waals surface area contributed by atoms with Gasteiger partial charge in [0.25, 0.3) is 17.4 Å². The van der Waals surface area contributed by atoms with Crippen LogP contribution in [0.4, 0.5) is 0 Å². The van der Waals surface area contributed by atoms with Crippen LogP contribution in [0.25, 0.3) is 0 Å². The number of H-pyrrole nitrogens is 1. The lowest BCUT2D eigenvalue weighted by Gasteiger charge is -2.29. The van der Waals surface area contributed by atoms with E-state index in [0.29, 0.717) is 42.9 Å². The van der Waals surface area contributed by atoms with Gasteiger partial charge in [0, 0.05) is 31.4 Å². The van der Waals surface area contributed by atoms with Crippen LogP contribution in [0.5, 0.6) is 5.75 Å². The largest absolute Gasteiger partial charge is 0.497 e. The Morgan fingerprint density at radius 3 is 2.93 bits per heavy atom. The summed E-state index contributed by atoms with van der Waals surface area (Å²) in [6.45, 7) is 1.12. The molecule has 0 spiro atoms. The standard InChI is InChI=1S/C22H21N3O4S/c1-29-17-4-2-3-15(9-17)22(28)25-7-5-18-16(12-25)11-24-21(27)19(18)20(26)23-10-14-6-8-30-13-14/h2-4,6,8-9,11,13H,5,7,10,12H2,1H3,(H,23,26)(H,24,27). The van der Waals surface area contributed by atoms with Crippen molar-refractivity contribution in [3.05, 3.63) is 85.5 Å². The van der Waals surface area contributed by atoms with E-state index >= 15 is 0 Å². The van der Waals surface area contributed by atoms with Crippen molar-refractivity contribution in [2.75, 3.05) is 13.7 Å². The molecule has 4 rings (SSSR count). The van der Waals surface area contributed by atoms with Gasteiger partial charge in [-0.05, 0) is 58.1 Å². The highest BCUT2D eigenvalue weighted by Gasteiger charge is 2.27. The molecule has 3 heterocycles. The third-order valence-corrected chi connectivity index (χ3v) is 5.88. The van der Waals surface area contributed by atoms with Gasteiger partial charge in [-0.15, -0.1) is 0 Å². The van der Waals surface area contributed by atoms with E-state index in [9.17, 15) is 14.4 Å². The Morgan fingerprint density at radius 2 is 2.17 bits per heavy atom. The van der Waals surface area contributed by atoms with Gasteiger partial charge in [0.1, 0.15) is 11.3 Å². The molecule has 0 radical (unpaired) electrons. The predicted octanol–water partition coefficient (Wildman–Crippen LogP) is 2.57. The maximum absolute atomic E-state index is 12.9. The van der Waals surface area contributed by atoms with E-state index in [1.54, 1.807) is 53.8 Å². The van der Waals surface area contributed by atoms with E-state index in [1.165, 1.54) is 0 Å². The fourth-order valence-corrected chi connectivity index (χ4v) is 4.25. The molecule has 154 valence electrons. The van der Waals surface area contributed by atoms with Crippen LogP contribution >= 0.6 is 11.3 Å². The van der Waals surface area contributed by atoms with Crippen LogP contribution in [0.2, 0.25) is 0 Å². The number of fused-ring (bicyclic) bond motifs is 1. The molecule has 1 aliphatic heterocycles. The number of carbonyl (C=O) groups excluding carboxylic acids is 2. The average Bonchev–Trinajstić information content (AvgIpc) is 3.30. The molecule has 0 fully saturated rings. The Hall–Kier alpha value is -3.39. The molecular formula is C22H21N3O4S. The number of hydrogen-bond donors (Lipinski definition) is 2. The Balaban J connectivity index is 1.54. The zero-order valence-electron chi connectivity index (χ0n) is 16.4. The molecule has 1 aliphatic rings. The summed E-state index contributed by atoms with van der Waals surface area (Å²) in [6.07, 6.45) is 2.04. The minimum atomic E-state index is -0.413. The number of ether oxygens (including phenoxy) is 1. The van der Waals surface area contributed by atoms with E-state index in [1.807, 2.05) is 16.8 Å². The number of nitrogens with zero attached hydrogens (tertiary/aromatic N) is 1. The number of thiophene rings is 1. The minimum Gasteiger partial charge on any atom is -0.497 e. The number of nitrogens with one attached hydrogen (secondary N) is 2. The lowest BCUT2D eigenvalue weighted by molar-refractivity contribution is 0.0734. The number of benzene rings is 1. The van der Waals surface area contributed by atoms with Gasteiger partial charge in [0.2, 0.25) is 0 Å². The molecule has 0 atom stereocenters. The fraction of sp³-hybridized carbons (Fsp3) is 0.227. The zero-order valence-corrected chi connectivity index (χ0v) is 17.3. The first-order valence-corrected chi connectivity index (χ1v) is 10.5. The van der Waals surface area contributed by atoms with Crippen molar-refractivity contribution < 1.29 is 14.3 Å². The third-order valence-electron chi connectivity index (χ3n) is 5.15. The summed E-state index contributed by atoms with van der Waals surface area (Å²) < 4.78 is 5.20. The Kier molecular flexibility index (Phi) is 5.67. The van der Waals surface area contributed by atoms with Gasteiger partial charge in [-0.1, -0.05) is 6.07 Å². The maximum atomic E-state index is 12.9. The zero-order chi connectivity index (χ0) is 21.1. The lowest BCUT2D eigenvalue weighted by atomic mass is 9.96. The molecule has 8 heteroatoms. The smallest absolute Gasteiger partial charge is 0.261 e. The second-order valence-electron chi connectivity index (χ2n) is 7.02. The molecular weight excluding hydrogens is 402 g/mol. The normalized spacial score (nSPS) is 12.9. The van der Waals surface area contributed by atoms with Gasteiger partial charge in [-0.2, -0.15) is 11.3 Å². The summed E-state index contributed by atoms with van der Waals surface area (Å²) in [7, 11) is 1.56. The molecule has 2 N–H and O–H groups in total. The topological polar surface area (TPSA) is 91.5 Å². The molecule has 0 bridgehead atoms. The minimum absolute atomic E-state index is 0.116. The highest BCUT2D eigenvalue weighted by molar-refractivity contribution is 7.07. The number of aromatic nitrogens is 1. The van der Waals surface area contributed by atoms with Gasteiger partial charge in [0.05, 0.1) is 7.11 Å². The summed E-state index contributed by atoms with van der Waals surface area (Å²) in [5.41, 5.74) is 2.73. The molecule has 3 aromatic rings. The monoisotopic (exact) mass is 423 g/mol. The van der Waals surface area contributed by atoms with E-state index in [2.05, 4.69) is 10.3 Å². The van der Waals surface area contributed by atoms with Gasteiger partial charge < -0.3 is 19.9 Å². The fourth-order valence-electron chi connectivity index (χ4n) is 3.58.